The minimum Gasteiger partial charge on any atom is -0.459 e. The Labute approximate surface area is 167 Å². The molecule has 1 amide bonds. The normalized spacial score (nSPS) is 15.9. The molecule has 0 bridgehead atoms. The van der Waals surface area contributed by atoms with Crippen LogP contribution < -0.4 is 5.32 Å². The first-order valence-corrected chi connectivity index (χ1v) is 10.9. The van der Waals surface area contributed by atoms with E-state index >= 15 is 0 Å². The highest BCUT2D eigenvalue weighted by Gasteiger charge is 2.22. The van der Waals surface area contributed by atoms with Gasteiger partial charge in [-0.1, -0.05) is 0 Å². The Morgan fingerprint density at radius 1 is 1.26 bits per heavy atom. The van der Waals surface area contributed by atoms with Gasteiger partial charge in [0.05, 0.1) is 10.6 Å². The first-order chi connectivity index (χ1) is 13.1. The smallest absolute Gasteiger partial charge is 0.261 e. The van der Waals surface area contributed by atoms with Crippen LogP contribution in [0.3, 0.4) is 0 Å². The average molecular weight is 402 g/mol. The van der Waals surface area contributed by atoms with Crippen molar-refractivity contribution < 1.29 is 9.21 Å². The van der Waals surface area contributed by atoms with Crippen molar-refractivity contribution in [3.8, 4) is 10.8 Å². The van der Waals surface area contributed by atoms with Crippen molar-refractivity contribution >= 4 is 28.6 Å². The van der Waals surface area contributed by atoms with Gasteiger partial charge in [-0.2, -0.15) is 0 Å². The molecule has 1 aliphatic rings. The van der Waals surface area contributed by atoms with Crippen LogP contribution in [-0.4, -0.2) is 34.9 Å². The van der Waals surface area contributed by atoms with E-state index in [1.165, 1.54) is 4.88 Å². The third kappa shape index (κ3) is 4.48. The van der Waals surface area contributed by atoms with Gasteiger partial charge in [-0.15, -0.1) is 22.7 Å². The number of aryl methyl sites for hydroxylation is 2. The van der Waals surface area contributed by atoms with Crippen LogP contribution in [0.5, 0.6) is 0 Å². The zero-order chi connectivity index (χ0) is 18.8. The molecule has 3 aromatic rings. The molecule has 0 unspecified atom stereocenters. The fraction of sp³-hybridized carbons (Fsp3) is 0.400. The highest BCUT2D eigenvalue weighted by molar-refractivity contribution is 7.14. The molecule has 0 saturated carbocycles. The number of carbonyl (C=O) groups excluding carboxylic acids is 1. The molecular formula is C20H23N3O2S2. The Morgan fingerprint density at radius 3 is 2.74 bits per heavy atom. The number of thiazole rings is 1. The predicted octanol–water partition coefficient (Wildman–Crippen LogP) is 4.48. The topological polar surface area (TPSA) is 58.4 Å². The Bertz CT molecular complexity index is 919. The van der Waals surface area contributed by atoms with Gasteiger partial charge in [-0.05, 0) is 51.0 Å². The van der Waals surface area contributed by atoms with Crippen LogP contribution in [0.15, 0.2) is 34.1 Å². The summed E-state index contributed by atoms with van der Waals surface area (Å²) in [5.41, 5.74) is 1.08. The van der Waals surface area contributed by atoms with E-state index in [-0.39, 0.29) is 11.9 Å². The number of piperidine rings is 1. The summed E-state index contributed by atoms with van der Waals surface area (Å²) in [5, 5.41) is 6.23. The fourth-order valence-electron chi connectivity index (χ4n) is 3.32. The lowest BCUT2D eigenvalue weighted by Crippen LogP contribution is -2.44. The second-order valence-corrected chi connectivity index (χ2v) is 9.13. The maximum Gasteiger partial charge on any atom is 0.261 e. The molecule has 1 saturated heterocycles. The van der Waals surface area contributed by atoms with E-state index in [1.807, 2.05) is 38.1 Å². The number of carbonyl (C=O) groups is 1. The molecule has 0 aromatic carbocycles. The van der Waals surface area contributed by atoms with Crippen molar-refractivity contribution in [3.63, 3.8) is 0 Å². The van der Waals surface area contributed by atoms with Crippen LogP contribution in [0.1, 0.15) is 38.8 Å². The Kier molecular flexibility index (Phi) is 5.43. The van der Waals surface area contributed by atoms with Gasteiger partial charge in [-0.25, -0.2) is 4.98 Å². The van der Waals surface area contributed by atoms with E-state index in [1.54, 1.807) is 22.7 Å². The van der Waals surface area contributed by atoms with Crippen LogP contribution >= 0.6 is 22.7 Å². The number of thiophene rings is 1. The van der Waals surface area contributed by atoms with Gasteiger partial charge in [0.2, 0.25) is 0 Å². The number of likely N-dealkylation sites (tertiary alicyclic amines) is 1. The molecule has 3 aromatic heterocycles. The first-order valence-electron chi connectivity index (χ1n) is 9.18. The Morgan fingerprint density at radius 2 is 2.07 bits per heavy atom. The number of rotatable bonds is 5. The number of hydrogen-bond donors (Lipinski definition) is 1. The molecule has 27 heavy (non-hydrogen) atoms. The van der Waals surface area contributed by atoms with Crippen LogP contribution in [0.2, 0.25) is 0 Å². The number of aromatic nitrogens is 1. The van der Waals surface area contributed by atoms with Crippen molar-refractivity contribution in [2.75, 3.05) is 13.1 Å². The van der Waals surface area contributed by atoms with Gasteiger partial charge in [0, 0.05) is 35.9 Å². The Balaban J connectivity index is 1.27. The Hall–Kier alpha value is -1.96. The number of nitrogens with one attached hydrogen (secondary N) is 1. The molecule has 0 radical (unpaired) electrons. The third-order valence-corrected chi connectivity index (χ3v) is 6.68. The molecule has 0 atom stereocenters. The molecule has 0 spiro atoms. The second-order valence-electron chi connectivity index (χ2n) is 6.99. The molecule has 5 nitrogen and oxygen atoms in total. The quantitative estimate of drug-likeness (QED) is 0.685. The molecule has 4 rings (SSSR count). The van der Waals surface area contributed by atoms with E-state index in [4.69, 9.17) is 9.40 Å². The summed E-state index contributed by atoms with van der Waals surface area (Å²) in [6.07, 6.45) is 1.95. The van der Waals surface area contributed by atoms with Crippen LogP contribution in [-0.2, 0) is 6.54 Å². The summed E-state index contributed by atoms with van der Waals surface area (Å²) in [7, 11) is 0. The summed E-state index contributed by atoms with van der Waals surface area (Å²) < 4.78 is 5.66. The zero-order valence-corrected chi connectivity index (χ0v) is 17.2. The highest BCUT2D eigenvalue weighted by atomic mass is 32.1. The predicted molar refractivity (Wildman–Crippen MR) is 109 cm³/mol. The van der Waals surface area contributed by atoms with E-state index in [0.29, 0.717) is 0 Å². The van der Waals surface area contributed by atoms with Crippen molar-refractivity contribution in [2.24, 2.45) is 0 Å². The molecule has 142 valence electrons. The largest absolute Gasteiger partial charge is 0.459 e. The summed E-state index contributed by atoms with van der Waals surface area (Å²) in [4.78, 5) is 21.4. The van der Waals surface area contributed by atoms with Crippen molar-refractivity contribution in [3.05, 3.63) is 50.9 Å². The van der Waals surface area contributed by atoms with Gasteiger partial charge < -0.3 is 9.73 Å². The number of hydrogen-bond acceptors (Lipinski definition) is 6. The monoisotopic (exact) mass is 401 g/mol. The molecule has 1 aliphatic heterocycles. The molecular weight excluding hydrogens is 378 g/mol. The average Bonchev–Trinajstić information content (AvgIpc) is 3.38. The van der Waals surface area contributed by atoms with Crippen molar-refractivity contribution in [1.82, 2.24) is 15.2 Å². The van der Waals surface area contributed by atoms with E-state index < -0.39 is 0 Å². The molecule has 1 N–H and O–H groups in total. The van der Waals surface area contributed by atoms with Gasteiger partial charge in [0.25, 0.3) is 5.91 Å². The summed E-state index contributed by atoms with van der Waals surface area (Å²) in [6.45, 7) is 6.76. The lowest BCUT2D eigenvalue weighted by molar-refractivity contribution is 0.0912. The fourth-order valence-corrected chi connectivity index (χ4v) is 4.86. The molecule has 7 heteroatoms. The molecule has 0 aliphatic carbocycles. The lowest BCUT2D eigenvalue weighted by Gasteiger charge is -2.31. The zero-order valence-electron chi connectivity index (χ0n) is 15.5. The standard InChI is InChI=1S/C20H23N3O2S2/c1-13-3-5-17(25-13)20-22-16(12-26-20)11-23-9-7-15(8-10-23)21-19(24)18-6-4-14(2)27-18/h3-6,12,15H,7-11H2,1-2H3,(H,21,24). The summed E-state index contributed by atoms with van der Waals surface area (Å²) in [6, 6.07) is 8.10. The molecule has 1 fully saturated rings. The SMILES string of the molecule is Cc1ccc(-c2nc(CN3CCC(NC(=O)c4ccc(C)s4)CC3)cs2)o1. The maximum atomic E-state index is 12.3. The minimum atomic E-state index is 0.0597. The summed E-state index contributed by atoms with van der Waals surface area (Å²) in [5.74, 6) is 1.81. The van der Waals surface area contributed by atoms with Crippen molar-refractivity contribution in [2.45, 2.75) is 39.3 Å². The van der Waals surface area contributed by atoms with E-state index in [2.05, 4.69) is 15.6 Å². The third-order valence-electron chi connectivity index (χ3n) is 4.78. The highest BCUT2D eigenvalue weighted by Crippen LogP contribution is 2.26. The first kappa shape index (κ1) is 18.4. The van der Waals surface area contributed by atoms with E-state index in [9.17, 15) is 4.79 Å². The summed E-state index contributed by atoms with van der Waals surface area (Å²) >= 11 is 3.18. The van der Waals surface area contributed by atoms with Gasteiger partial charge in [0.15, 0.2) is 10.8 Å². The number of nitrogens with zero attached hydrogens (tertiary/aromatic N) is 2. The van der Waals surface area contributed by atoms with Crippen LogP contribution in [0, 0.1) is 13.8 Å². The van der Waals surface area contributed by atoms with Crippen LogP contribution in [0.4, 0.5) is 0 Å². The number of amides is 1. The molecule has 4 heterocycles. The van der Waals surface area contributed by atoms with Crippen LogP contribution in [0.25, 0.3) is 10.8 Å². The maximum absolute atomic E-state index is 12.3. The van der Waals surface area contributed by atoms with Crippen molar-refractivity contribution in [1.29, 1.82) is 0 Å². The van der Waals surface area contributed by atoms with Gasteiger partial charge in [-0.3, -0.25) is 9.69 Å². The second kappa shape index (κ2) is 7.96. The lowest BCUT2D eigenvalue weighted by atomic mass is 10.0. The van der Waals surface area contributed by atoms with Gasteiger partial charge >= 0.3 is 0 Å². The van der Waals surface area contributed by atoms with E-state index in [0.717, 1.165) is 59.6 Å². The minimum absolute atomic E-state index is 0.0597. The van der Waals surface area contributed by atoms with Gasteiger partial charge in [0.1, 0.15) is 5.76 Å². The number of furan rings is 1.